The van der Waals surface area contributed by atoms with E-state index in [2.05, 4.69) is 26.6 Å². The van der Waals surface area contributed by atoms with Crippen LogP contribution in [0, 0.1) is 13.8 Å². The number of hydrogen-bond donors (Lipinski definition) is 2. The molecule has 0 aliphatic carbocycles. The summed E-state index contributed by atoms with van der Waals surface area (Å²) in [6.07, 6.45) is 0. The van der Waals surface area contributed by atoms with E-state index in [1.165, 1.54) is 5.56 Å². The van der Waals surface area contributed by atoms with E-state index in [0.717, 1.165) is 15.8 Å². The van der Waals surface area contributed by atoms with Crippen LogP contribution in [-0.4, -0.2) is 12.8 Å². The Morgan fingerprint density at radius 1 is 1.14 bits per heavy atom. The number of aryl methyl sites for hydroxylation is 2. The van der Waals surface area contributed by atoms with E-state index in [-0.39, 0.29) is 12.8 Å². The van der Waals surface area contributed by atoms with Gasteiger partial charge in [-0.3, -0.25) is 0 Å². The topological polar surface area (TPSA) is 50.4 Å². The number of halogens is 1. The molecule has 4 nitrogen and oxygen atoms in total. The van der Waals surface area contributed by atoms with Gasteiger partial charge in [0.15, 0.2) is 6.73 Å². The van der Waals surface area contributed by atoms with Crippen LogP contribution in [0.4, 0.5) is 10.5 Å². The third-order valence-electron chi connectivity index (χ3n) is 3.03. The number of benzene rings is 2. The van der Waals surface area contributed by atoms with Crippen molar-refractivity contribution in [2.24, 2.45) is 0 Å². The molecular formula is C16H17BrN2O2. The molecule has 0 saturated carbocycles. The second kappa shape index (κ2) is 7.13. The summed E-state index contributed by atoms with van der Waals surface area (Å²) in [4.78, 5) is 11.7. The Morgan fingerprint density at radius 3 is 2.67 bits per heavy atom. The molecule has 0 bridgehead atoms. The lowest BCUT2D eigenvalue weighted by molar-refractivity contribution is 0.234. The third-order valence-corrected chi connectivity index (χ3v) is 3.53. The van der Waals surface area contributed by atoms with Crippen LogP contribution in [0.2, 0.25) is 0 Å². The summed E-state index contributed by atoms with van der Waals surface area (Å²) in [5, 5.41) is 5.38. The predicted octanol–water partition coefficient (Wildman–Crippen LogP) is 4.22. The van der Waals surface area contributed by atoms with Gasteiger partial charge >= 0.3 is 6.03 Å². The Balaban J connectivity index is 1.80. The second-order valence-corrected chi connectivity index (χ2v) is 5.59. The number of urea groups is 1. The number of hydrogen-bond acceptors (Lipinski definition) is 2. The van der Waals surface area contributed by atoms with Gasteiger partial charge in [-0.15, -0.1) is 0 Å². The van der Waals surface area contributed by atoms with E-state index in [1.807, 2.05) is 56.3 Å². The molecule has 0 heterocycles. The van der Waals surface area contributed by atoms with Crippen LogP contribution in [0.25, 0.3) is 0 Å². The van der Waals surface area contributed by atoms with Crippen molar-refractivity contribution >= 4 is 27.6 Å². The molecule has 0 spiro atoms. The summed E-state index contributed by atoms with van der Waals surface area (Å²) >= 11 is 3.35. The lowest BCUT2D eigenvalue weighted by Gasteiger charge is -2.10. The smallest absolute Gasteiger partial charge is 0.321 e. The number of carbonyl (C=O) groups excluding carboxylic acids is 1. The standard InChI is InChI=1S/C16H17BrN2O2/c1-11-6-7-15(8-12(11)2)21-10-18-16(20)19-14-5-3-4-13(17)9-14/h3-9H,10H2,1-2H3,(H2,18,19,20). The van der Waals surface area contributed by atoms with Gasteiger partial charge < -0.3 is 15.4 Å². The number of carbonyl (C=O) groups is 1. The highest BCUT2D eigenvalue weighted by molar-refractivity contribution is 9.10. The molecular weight excluding hydrogens is 332 g/mol. The van der Waals surface area contributed by atoms with E-state index >= 15 is 0 Å². The first-order valence-electron chi connectivity index (χ1n) is 6.55. The fourth-order valence-electron chi connectivity index (χ4n) is 1.73. The van der Waals surface area contributed by atoms with Crippen molar-refractivity contribution < 1.29 is 9.53 Å². The molecule has 2 N–H and O–H groups in total. The minimum atomic E-state index is -0.308. The summed E-state index contributed by atoms with van der Waals surface area (Å²) in [6, 6.07) is 12.9. The van der Waals surface area contributed by atoms with Gasteiger partial charge in [0, 0.05) is 10.2 Å². The zero-order chi connectivity index (χ0) is 15.2. The molecule has 0 unspecified atom stereocenters. The Bertz CT molecular complexity index is 644. The van der Waals surface area contributed by atoms with Gasteiger partial charge in [0.25, 0.3) is 0 Å². The van der Waals surface area contributed by atoms with Gasteiger partial charge in [0.05, 0.1) is 0 Å². The maximum absolute atomic E-state index is 11.7. The van der Waals surface area contributed by atoms with Crippen molar-refractivity contribution in [1.29, 1.82) is 0 Å². The fourth-order valence-corrected chi connectivity index (χ4v) is 2.13. The maximum Gasteiger partial charge on any atom is 0.321 e. The van der Waals surface area contributed by atoms with Crippen LogP contribution in [0.3, 0.4) is 0 Å². The first-order valence-corrected chi connectivity index (χ1v) is 7.34. The van der Waals surface area contributed by atoms with Crippen LogP contribution in [-0.2, 0) is 0 Å². The molecule has 0 aromatic heterocycles. The fraction of sp³-hybridized carbons (Fsp3) is 0.188. The zero-order valence-corrected chi connectivity index (χ0v) is 13.5. The highest BCUT2D eigenvalue weighted by Gasteiger charge is 2.02. The van der Waals surface area contributed by atoms with Crippen LogP contribution in [0.1, 0.15) is 11.1 Å². The Labute approximate surface area is 132 Å². The summed E-state index contributed by atoms with van der Waals surface area (Å²) < 4.78 is 6.40. The van der Waals surface area contributed by atoms with E-state index in [9.17, 15) is 4.79 Å². The predicted molar refractivity (Wildman–Crippen MR) is 87.7 cm³/mol. The molecule has 0 atom stereocenters. The lowest BCUT2D eigenvalue weighted by atomic mass is 10.1. The molecule has 0 radical (unpaired) electrons. The van der Waals surface area contributed by atoms with E-state index in [0.29, 0.717) is 5.69 Å². The van der Waals surface area contributed by atoms with Crippen molar-refractivity contribution in [1.82, 2.24) is 5.32 Å². The third kappa shape index (κ3) is 4.79. The molecule has 0 saturated heterocycles. The number of nitrogens with one attached hydrogen (secondary N) is 2. The molecule has 110 valence electrons. The minimum Gasteiger partial charge on any atom is -0.473 e. The maximum atomic E-state index is 11.7. The van der Waals surface area contributed by atoms with Crippen LogP contribution in [0.15, 0.2) is 46.9 Å². The number of ether oxygens (including phenoxy) is 1. The summed E-state index contributed by atoms with van der Waals surface area (Å²) in [6.45, 7) is 4.18. The highest BCUT2D eigenvalue weighted by Crippen LogP contribution is 2.16. The van der Waals surface area contributed by atoms with Crippen LogP contribution in [0.5, 0.6) is 5.75 Å². The first-order chi connectivity index (χ1) is 10.0. The average Bonchev–Trinajstić information content (AvgIpc) is 2.43. The summed E-state index contributed by atoms with van der Waals surface area (Å²) in [5.74, 6) is 0.737. The Hall–Kier alpha value is -2.01. The van der Waals surface area contributed by atoms with E-state index < -0.39 is 0 Å². The minimum absolute atomic E-state index is 0.113. The zero-order valence-electron chi connectivity index (χ0n) is 11.9. The molecule has 2 aromatic carbocycles. The highest BCUT2D eigenvalue weighted by atomic mass is 79.9. The van der Waals surface area contributed by atoms with Crippen LogP contribution < -0.4 is 15.4 Å². The quantitative estimate of drug-likeness (QED) is 0.812. The van der Waals surface area contributed by atoms with Gasteiger partial charge in [-0.25, -0.2) is 4.79 Å². The molecule has 0 aliphatic heterocycles. The van der Waals surface area contributed by atoms with Crippen LogP contribution >= 0.6 is 15.9 Å². The van der Waals surface area contributed by atoms with Crippen molar-refractivity contribution in [2.45, 2.75) is 13.8 Å². The molecule has 2 rings (SSSR count). The Kier molecular flexibility index (Phi) is 5.22. The Morgan fingerprint density at radius 2 is 1.95 bits per heavy atom. The molecule has 21 heavy (non-hydrogen) atoms. The largest absolute Gasteiger partial charge is 0.473 e. The summed E-state index contributed by atoms with van der Waals surface area (Å²) in [5.41, 5.74) is 3.09. The van der Waals surface area contributed by atoms with E-state index in [1.54, 1.807) is 0 Å². The normalized spacial score (nSPS) is 10.0. The van der Waals surface area contributed by atoms with Crippen molar-refractivity contribution in [2.75, 3.05) is 12.0 Å². The molecule has 2 amide bonds. The number of anilines is 1. The monoisotopic (exact) mass is 348 g/mol. The number of amides is 2. The van der Waals surface area contributed by atoms with Gasteiger partial charge in [0.2, 0.25) is 0 Å². The lowest BCUT2D eigenvalue weighted by Crippen LogP contribution is -2.32. The van der Waals surface area contributed by atoms with Gasteiger partial charge in [-0.1, -0.05) is 28.1 Å². The molecule has 0 aliphatic rings. The van der Waals surface area contributed by atoms with Gasteiger partial charge in [-0.05, 0) is 55.3 Å². The second-order valence-electron chi connectivity index (χ2n) is 4.68. The SMILES string of the molecule is Cc1ccc(OCNC(=O)Nc2cccc(Br)c2)cc1C. The summed E-state index contributed by atoms with van der Waals surface area (Å²) in [7, 11) is 0. The molecule has 5 heteroatoms. The van der Waals surface area contributed by atoms with Crippen molar-refractivity contribution in [3.63, 3.8) is 0 Å². The average molecular weight is 349 g/mol. The van der Waals surface area contributed by atoms with Crippen molar-refractivity contribution in [3.8, 4) is 5.75 Å². The molecule has 0 fully saturated rings. The molecule has 2 aromatic rings. The first kappa shape index (κ1) is 15.4. The van der Waals surface area contributed by atoms with E-state index in [4.69, 9.17) is 4.74 Å². The van der Waals surface area contributed by atoms with Gasteiger partial charge in [-0.2, -0.15) is 0 Å². The van der Waals surface area contributed by atoms with Gasteiger partial charge in [0.1, 0.15) is 5.75 Å². The number of rotatable bonds is 4. The van der Waals surface area contributed by atoms with Crippen molar-refractivity contribution in [3.05, 3.63) is 58.1 Å².